The summed E-state index contributed by atoms with van der Waals surface area (Å²) >= 11 is 0. The average molecular weight is 288 g/mol. The lowest BCUT2D eigenvalue weighted by Gasteiger charge is -2.27. The fourth-order valence-corrected chi connectivity index (χ4v) is 2.41. The molecule has 2 aromatic carbocycles. The van der Waals surface area contributed by atoms with E-state index in [-0.39, 0.29) is 17.3 Å². The SMILES string of the molecule is O=C1Nc2ccc(F)c(F)c2NC1CCc1ccccc1. The van der Waals surface area contributed by atoms with Crippen molar-refractivity contribution in [1.82, 2.24) is 0 Å². The summed E-state index contributed by atoms with van der Waals surface area (Å²) in [4.78, 5) is 12.0. The van der Waals surface area contributed by atoms with E-state index in [1.807, 2.05) is 30.3 Å². The van der Waals surface area contributed by atoms with Crippen molar-refractivity contribution in [3.8, 4) is 0 Å². The molecule has 1 aliphatic heterocycles. The van der Waals surface area contributed by atoms with Crippen LogP contribution in [-0.4, -0.2) is 11.9 Å². The van der Waals surface area contributed by atoms with Gasteiger partial charge in [0.2, 0.25) is 5.91 Å². The normalized spacial score (nSPS) is 16.9. The van der Waals surface area contributed by atoms with Crippen LogP contribution in [0.4, 0.5) is 20.2 Å². The number of benzene rings is 2. The number of amides is 1. The number of hydrogen-bond acceptors (Lipinski definition) is 2. The van der Waals surface area contributed by atoms with Crippen LogP contribution >= 0.6 is 0 Å². The first-order valence-corrected chi connectivity index (χ1v) is 6.74. The average Bonchev–Trinajstić information content (AvgIpc) is 2.50. The predicted molar refractivity (Wildman–Crippen MR) is 77.2 cm³/mol. The van der Waals surface area contributed by atoms with Crippen molar-refractivity contribution in [2.24, 2.45) is 0 Å². The molecule has 1 heterocycles. The Bertz CT molecular complexity index is 673. The summed E-state index contributed by atoms with van der Waals surface area (Å²) in [5, 5.41) is 5.41. The van der Waals surface area contributed by atoms with Crippen molar-refractivity contribution in [1.29, 1.82) is 0 Å². The highest BCUT2D eigenvalue weighted by molar-refractivity contribution is 6.03. The van der Waals surface area contributed by atoms with Crippen LogP contribution in [0.3, 0.4) is 0 Å². The summed E-state index contributed by atoms with van der Waals surface area (Å²) in [5.74, 6) is -2.12. The molecule has 2 aromatic rings. The molecule has 0 radical (unpaired) electrons. The van der Waals surface area contributed by atoms with Gasteiger partial charge in [-0.15, -0.1) is 0 Å². The zero-order valence-corrected chi connectivity index (χ0v) is 11.2. The second-order valence-electron chi connectivity index (χ2n) is 4.99. The third kappa shape index (κ3) is 2.72. The van der Waals surface area contributed by atoms with E-state index in [0.29, 0.717) is 12.8 Å². The van der Waals surface area contributed by atoms with Crippen molar-refractivity contribution in [3.05, 3.63) is 59.7 Å². The molecule has 1 atom stereocenters. The fourth-order valence-electron chi connectivity index (χ4n) is 2.41. The molecule has 0 fully saturated rings. The van der Waals surface area contributed by atoms with Crippen LogP contribution in [0.1, 0.15) is 12.0 Å². The number of anilines is 2. The molecule has 3 nitrogen and oxygen atoms in total. The van der Waals surface area contributed by atoms with Crippen LogP contribution in [0.25, 0.3) is 0 Å². The number of halogens is 2. The van der Waals surface area contributed by atoms with Crippen molar-refractivity contribution in [2.75, 3.05) is 10.6 Å². The van der Waals surface area contributed by atoms with Crippen LogP contribution in [0.15, 0.2) is 42.5 Å². The van der Waals surface area contributed by atoms with E-state index in [2.05, 4.69) is 10.6 Å². The lowest BCUT2D eigenvalue weighted by atomic mass is 10.0. The van der Waals surface area contributed by atoms with Gasteiger partial charge in [0.25, 0.3) is 0 Å². The minimum absolute atomic E-state index is 0.0210. The smallest absolute Gasteiger partial charge is 0.246 e. The van der Waals surface area contributed by atoms with Gasteiger partial charge in [0, 0.05) is 0 Å². The summed E-state index contributed by atoms with van der Waals surface area (Å²) in [7, 11) is 0. The zero-order valence-electron chi connectivity index (χ0n) is 11.2. The Morgan fingerprint density at radius 3 is 2.57 bits per heavy atom. The Hall–Kier alpha value is -2.43. The van der Waals surface area contributed by atoms with E-state index >= 15 is 0 Å². The molecule has 0 aliphatic carbocycles. The highest BCUT2D eigenvalue weighted by Crippen LogP contribution is 2.31. The zero-order chi connectivity index (χ0) is 14.8. The maximum absolute atomic E-state index is 13.8. The van der Waals surface area contributed by atoms with E-state index in [4.69, 9.17) is 0 Å². The Kier molecular flexibility index (Phi) is 3.56. The molecule has 108 valence electrons. The predicted octanol–water partition coefficient (Wildman–Crippen LogP) is 3.33. The van der Waals surface area contributed by atoms with E-state index < -0.39 is 17.7 Å². The summed E-state index contributed by atoms with van der Waals surface area (Å²) < 4.78 is 27.0. The molecule has 1 aliphatic rings. The largest absolute Gasteiger partial charge is 0.369 e. The van der Waals surface area contributed by atoms with Crippen molar-refractivity contribution < 1.29 is 13.6 Å². The third-order valence-electron chi connectivity index (χ3n) is 3.55. The molecule has 0 aromatic heterocycles. The highest BCUT2D eigenvalue weighted by Gasteiger charge is 2.28. The summed E-state index contributed by atoms with van der Waals surface area (Å²) in [6.45, 7) is 0. The number of rotatable bonds is 3. The maximum Gasteiger partial charge on any atom is 0.246 e. The van der Waals surface area contributed by atoms with Gasteiger partial charge < -0.3 is 10.6 Å². The number of fused-ring (bicyclic) bond motifs is 1. The van der Waals surface area contributed by atoms with Crippen LogP contribution in [0.5, 0.6) is 0 Å². The minimum Gasteiger partial charge on any atom is -0.369 e. The molecular formula is C16H14F2N2O. The molecular weight excluding hydrogens is 274 g/mol. The molecule has 21 heavy (non-hydrogen) atoms. The van der Waals surface area contributed by atoms with Gasteiger partial charge >= 0.3 is 0 Å². The monoisotopic (exact) mass is 288 g/mol. The van der Waals surface area contributed by atoms with Crippen LogP contribution in [-0.2, 0) is 11.2 Å². The van der Waals surface area contributed by atoms with Crippen LogP contribution in [0, 0.1) is 11.6 Å². The molecule has 1 amide bonds. The first-order chi connectivity index (χ1) is 10.1. The van der Waals surface area contributed by atoms with E-state index in [0.717, 1.165) is 11.6 Å². The summed E-state index contributed by atoms with van der Waals surface area (Å²) in [6.07, 6.45) is 1.18. The Labute approximate surface area is 121 Å². The van der Waals surface area contributed by atoms with Gasteiger partial charge in [0.05, 0.1) is 11.4 Å². The summed E-state index contributed by atoms with van der Waals surface area (Å²) in [5.41, 5.74) is 1.39. The molecule has 2 N–H and O–H groups in total. The number of carbonyl (C=O) groups is 1. The number of nitrogens with one attached hydrogen (secondary N) is 2. The van der Waals surface area contributed by atoms with Crippen LogP contribution in [0.2, 0.25) is 0 Å². The second kappa shape index (κ2) is 5.52. The molecule has 0 bridgehead atoms. The van der Waals surface area contributed by atoms with Crippen molar-refractivity contribution in [2.45, 2.75) is 18.9 Å². The van der Waals surface area contributed by atoms with Gasteiger partial charge in [-0.25, -0.2) is 8.78 Å². The Balaban J connectivity index is 1.76. The summed E-state index contributed by atoms with van der Waals surface area (Å²) in [6, 6.07) is 11.5. The van der Waals surface area contributed by atoms with Gasteiger partial charge in [-0.05, 0) is 30.5 Å². The fraction of sp³-hybridized carbons (Fsp3) is 0.188. The Morgan fingerprint density at radius 2 is 1.81 bits per heavy atom. The minimum atomic E-state index is -0.961. The molecule has 0 spiro atoms. The first kappa shape index (κ1) is 13.5. The quantitative estimate of drug-likeness (QED) is 0.909. The van der Waals surface area contributed by atoms with E-state index in [9.17, 15) is 13.6 Å². The van der Waals surface area contributed by atoms with Gasteiger partial charge in [0.1, 0.15) is 6.04 Å². The number of hydrogen-bond donors (Lipinski definition) is 2. The van der Waals surface area contributed by atoms with Gasteiger partial charge in [-0.2, -0.15) is 0 Å². The maximum atomic E-state index is 13.8. The first-order valence-electron chi connectivity index (χ1n) is 6.74. The third-order valence-corrected chi connectivity index (χ3v) is 3.55. The van der Waals surface area contributed by atoms with Gasteiger partial charge in [0.15, 0.2) is 11.6 Å². The topological polar surface area (TPSA) is 41.1 Å². The van der Waals surface area contributed by atoms with Gasteiger partial charge in [-0.1, -0.05) is 30.3 Å². The van der Waals surface area contributed by atoms with Crippen LogP contribution < -0.4 is 10.6 Å². The highest BCUT2D eigenvalue weighted by atomic mass is 19.2. The molecule has 0 saturated carbocycles. The molecule has 5 heteroatoms. The molecule has 3 rings (SSSR count). The van der Waals surface area contributed by atoms with E-state index in [1.54, 1.807) is 0 Å². The molecule has 0 saturated heterocycles. The standard InChI is InChI=1S/C16H14F2N2O/c17-11-7-9-12-15(14(11)18)19-13(16(21)20-12)8-6-10-4-2-1-3-5-10/h1-5,7,9,13,19H,6,8H2,(H,20,21). The molecule has 1 unspecified atom stereocenters. The number of carbonyl (C=O) groups excluding carboxylic acids is 1. The Morgan fingerprint density at radius 1 is 1.05 bits per heavy atom. The lowest BCUT2D eigenvalue weighted by Crippen LogP contribution is -2.39. The lowest BCUT2D eigenvalue weighted by molar-refractivity contribution is -0.117. The van der Waals surface area contributed by atoms with Gasteiger partial charge in [-0.3, -0.25) is 4.79 Å². The van der Waals surface area contributed by atoms with Crippen molar-refractivity contribution in [3.63, 3.8) is 0 Å². The number of aryl methyl sites for hydroxylation is 1. The van der Waals surface area contributed by atoms with E-state index in [1.165, 1.54) is 6.07 Å². The second-order valence-corrected chi connectivity index (χ2v) is 4.99. The van der Waals surface area contributed by atoms with Crippen molar-refractivity contribution >= 4 is 17.3 Å².